The fraction of sp³-hybridized carbons (Fsp3) is 0.133. The van der Waals surface area contributed by atoms with Crippen molar-refractivity contribution in [1.29, 1.82) is 0 Å². The summed E-state index contributed by atoms with van der Waals surface area (Å²) in [7, 11) is 0. The summed E-state index contributed by atoms with van der Waals surface area (Å²) in [5.74, 6) is -0.0784. The van der Waals surface area contributed by atoms with Crippen LogP contribution in [0.1, 0.15) is 21.5 Å². The van der Waals surface area contributed by atoms with Crippen molar-refractivity contribution in [3.05, 3.63) is 74.3 Å². The summed E-state index contributed by atoms with van der Waals surface area (Å²) in [4.78, 5) is 22.2. The number of non-ortho nitro benzene ring substituents is 1. The fourth-order valence-corrected chi connectivity index (χ4v) is 2.13. The number of nitro groups is 1. The maximum Gasteiger partial charge on any atom is 0.269 e. The van der Waals surface area contributed by atoms with Gasteiger partial charge in [0.25, 0.3) is 5.69 Å². The third-order valence-electron chi connectivity index (χ3n) is 3.06. The summed E-state index contributed by atoms with van der Waals surface area (Å²) in [6.07, 6.45) is 0.251. The van der Waals surface area contributed by atoms with Crippen molar-refractivity contribution < 1.29 is 9.72 Å². The Bertz CT molecular complexity index is 665. The zero-order chi connectivity index (χ0) is 14.7. The molecule has 0 radical (unpaired) electrons. The van der Waals surface area contributed by atoms with Crippen molar-refractivity contribution >= 4 is 23.1 Å². The molecule has 0 atom stereocenters. The molecule has 0 aromatic heterocycles. The molecular formula is C15H12ClNO3. The summed E-state index contributed by atoms with van der Waals surface area (Å²) in [5, 5.41) is 11.2. The monoisotopic (exact) mass is 289 g/mol. The molecule has 0 saturated heterocycles. The van der Waals surface area contributed by atoms with Crippen LogP contribution in [0.3, 0.4) is 0 Å². The average Bonchev–Trinajstić information content (AvgIpc) is 2.42. The van der Waals surface area contributed by atoms with Crippen LogP contribution in [-0.4, -0.2) is 10.7 Å². The van der Waals surface area contributed by atoms with Gasteiger partial charge in [-0.05, 0) is 42.3 Å². The molecule has 2 aromatic rings. The van der Waals surface area contributed by atoms with Crippen molar-refractivity contribution in [3.8, 4) is 0 Å². The Labute approximate surface area is 121 Å². The Morgan fingerprint density at radius 3 is 2.40 bits per heavy atom. The van der Waals surface area contributed by atoms with E-state index in [1.807, 2.05) is 13.0 Å². The molecule has 0 bridgehead atoms. The highest BCUT2D eigenvalue weighted by Gasteiger charge is 2.11. The zero-order valence-electron chi connectivity index (χ0n) is 10.8. The minimum absolute atomic E-state index is 0.0239. The van der Waals surface area contributed by atoms with Crippen molar-refractivity contribution in [2.75, 3.05) is 0 Å². The number of ketones is 1. The van der Waals surface area contributed by atoms with Gasteiger partial charge < -0.3 is 0 Å². The maximum atomic E-state index is 12.1. The second-order valence-electron chi connectivity index (χ2n) is 4.47. The molecule has 0 amide bonds. The third kappa shape index (κ3) is 3.22. The molecule has 102 valence electrons. The van der Waals surface area contributed by atoms with Gasteiger partial charge in [-0.15, -0.1) is 0 Å². The molecule has 4 nitrogen and oxygen atoms in total. The summed E-state index contributed by atoms with van der Waals surface area (Å²) >= 11 is 5.87. The number of Topliss-reactive ketones (excluding diaryl/α,β-unsaturated/α-hetero) is 1. The van der Waals surface area contributed by atoms with Gasteiger partial charge in [-0.25, -0.2) is 0 Å². The highest BCUT2D eigenvalue weighted by Crippen LogP contribution is 2.18. The Kier molecular flexibility index (Phi) is 4.15. The first-order chi connectivity index (χ1) is 9.47. The highest BCUT2D eigenvalue weighted by atomic mass is 35.5. The Morgan fingerprint density at radius 2 is 1.85 bits per heavy atom. The second-order valence-corrected chi connectivity index (χ2v) is 4.91. The number of nitro benzene ring substituents is 1. The van der Waals surface area contributed by atoms with E-state index in [1.165, 1.54) is 24.3 Å². The SMILES string of the molecule is Cc1cc(Cl)ccc1CC(=O)c1ccc([N+](=O)[O-])cc1. The average molecular weight is 290 g/mol. The molecule has 5 heteroatoms. The molecule has 0 aliphatic rings. The van der Waals surface area contributed by atoms with E-state index in [2.05, 4.69) is 0 Å². The van der Waals surface area contributed by atoms with Crippen molar-refractivity contribution in [2.45, 2.75) is 13.3 Å². The van der Waals surface area contributed by atoms with Gasteiger partial charge >= 0.3 is 0 Å². The molecule has 0 fully saturated rings. The fourth-order valence-electron chi connectivity index (χ4n) is 1.90. The summed E-state index contributed by atoms with van der Waals surface area (Å²) in [5.41, 5.74) is 2.29. The van der Waals surface area contributed by atoms with Gasteiger partial charge in [-0.3, -0.25) is 14.9 Å². The topological polar surface area (TPSA) is 60.2 Å². The van der Waals surface area contributed by atoms with E-state index >= 15 is 0 Å². The van der Waals surface area contributed by atoms with E-state index in [1.54, 1.807) is 12.1 Å². The van der Waals surface area contributed by atoms with E-state index in [0.717, 1.165) is 11.1 Å². The number of halogens is 1. The van der Waals surface area contributed by atoms with Crippen LogP contribution in [0.2, 0.25) is 5.02 Å². The normalized spacial score (nSPS) is 10.3. The lowest BCUT2D eigenvalue weighted by Crippen LogP contribution is -2.05. The van der Waals surface area contributed by atoms with Gasteiger partial charge in [0.15, 0.2) is 5.78 Å². The predicted molar refractivity (Wildman–Crippen MR) is 77.3 cm³/mol. The number of carbonyl (C=O) groups excluding carboxylic acids is 1. The van der Waals surface area contributed by atoms with Crippen molar-refractivity contribution in [1.82, 2.24) is 0 Å². The number of benzene rings is 2. The lowest BCUT2D eigenvalue weighted by atomic mass is 9.99. The van der Waals surface area contributed by atoms with Crippen LogP contribution < -0.4 is 0 Å². The minimum Gasteiger partial charge on any atom is -0.294 e. The molecule has 0 spiro atoms. The predicted octanol–water partition coefficient (Wildman–Crippen LogP) is 3.98. The van der Waals surface area contributed by atoms with Crippen molar-refractivity contribution in [2.24, 2.45) is 0 Å². The lowest BCUT2D eigenvalue weighted by molar-refractivity contribution is -0.384. The van der Waals surface area contributed by atoms with Gasteiger partial charge in [-0.1, -0.05) is 17.7 Å². The molecule has 2 aromatic carbocycles. The van der Waals surface area contributed by atoms with Crippen LogP contribution in [-0.2, 0) is 6.42 Å². The first kappa shape index (κ1) is 14.2. The molecule has 0 heterocycles. The first-order valence-corrected chi connectivity index (χ1v) is 6.38. The number of carbonyl (C=O) groups is 1. The number of nitrogens with zero attached hydrogens (tertiary/aromatic N) is 1. The number of aryl methyl sites for hydroxylation is 1. The second kappa shape index (κ2) is 5.84. The summed E-state index contributed by atoms with van der Waals surface area (Å²) in [6.45, 7) is 1.89. The van der Waals surface area contributed by atoms with Crippen LogP contribution in [0.15, 0.2) is 42.5 Å². The molecular weight excluding hydrogens is 278 g/mol. The molecule has 0 aliphatic carbocycles. The molecule has 2 rings (SSSR count). The van der Waals surface area contributed by atoms with Gasteiger partial charge in [0.05, 0.1) is 4.92 Å². The van der Waals surface area contributed by atoms with E-state index in [0.29, 0.717) is 10.6 Å². The first-order valence-electron chi connectivity index (χ1n) is 6.00. The third-order valence-corrected chi connectivity index (χ3v) is 3.29. The van der Waals surface area contributed by atoms with Gasteiger partial charge in [0.2, 0.25) is 0 Å². The van der Waals surface area contributed by atoms with Crippen LogP contribution in [0.4, 0.5) is 5.69 Å². The highest BCUT2D eigenvalue weighted by molar-refractivity contribution is 6.30. The van der Waals surface area contributed by atoms with Gasteiger partial charge in [-0.2, -0.15) is 0 Å². The molecule has 0 aliphatic heterocycles. The summed E-state index contributed by atoms with van der Waals surface area (Å²) in [6, 6.07) is 11.0. The van der Waals surface area contributed by atoms with Crippen LogP contribution >= 0.6 is 11.6 Å². The largest absolute Gasteiger partial charge is 0.294 e. The van der Waals surface area contributed by atoms with E-state index < -0.39 is 4.92 Å². The minimum atomic E-state index is -0.488. The van der Waals surface area contributed by atoms with Crippen LogP contribution in [0.25, 0.3) is 0 Å². The van der Waals surface area contributed by atoms with E-state index in [9.17, 15) is 14.9 Å². The maximum absolute atomic E-state index is 12.1. The van der Waals surface area contributed by atoms with Crippen LogP contribution in [0.5, 0.6) is 0 Å². The van der Waals surface area contributed by atoms with Gasteiger partial charge in [0.1, 0.15) is 0 Å². The van der Waals surface area contributed by atoms with E-state index in [-0.39, 0.29) is 17.9 Å². The number of hydrogen-bond acceptors (Lipinski definition) is 3. The molecule has 0 saturated carbocycles. The molecule has 20 heavy (non-hydrogen) atoms. The molecule has 0 N–H and O–H groups in total. The Balaban J connectivity index is 2.17. The Morgan fingerprint density at radius 1 is 1.20 bits per heavy atom. The smallest absolute Gasteiger partial charge is 0.269 e. The quantitative estimate of drug-likeness (QED) is 0.486. The number of hydrogen-bond donors (Lipinski definition) is 0. The standard InChI is InChI=1S/C15H12ClNO3/c1-10-8-13(16)5-2-12(10)9-15(18)11-3-6-14(7-4-11)17(19)20/h2-8H,9H2,1H3. The summed E-state index contributed by atoms with van der Waals surface area (Å²) < 4.78 is 0. The lowest BCUT2D eigenvalue weighted by Gasteiger charge is -2.05. The van der Waals surface area contributed by atoms with Crippen LogP contribution in [0, 0.1) is 17.0 Å². The number of rotatable bonds is 4. The molecule has 0 unspecified atom stereocenters. The van der Waals surface area contributed by atoms with Gasteiger partial charge in [0, 0.05) is 29.1 Å². The zero-order valence-corrected chi connectivity index (χ0v) is 11.6. The Hall–Kier alpha value is -2.20. The van der Waals surface area contributed by atoms with Crippen molar-refractivity contribution in [3.63, 3.8) is 0 Å². The van der Waals surface area contributed by atoms with E-state index in [4.69, 9.17) is 11.6 Å².